The summed E-state index contributed by atoms with van der Waals surface area (Å²) in [6, 6.07) is 6.93. The minimum absolute atomic E-state index is 0.986. The van der Waals surface area contributed by atoms with E-state index in [1.54, 1.807) is 0 Å². The van der Waals surface area contributed by atoms with E-state index in [1.165, 1.54) is 62.0 Å². The number of unbranched alkanes of at least 4 members (excludes halogenated alkanes) is 2. The molecule has 0 unspecified atom stereocenters. The summed E-state index contributed by atoms with van der Waals surface area (Å²) in [5.74, 6) is 0. The predicted molar refractivity (Wildman–Crippen MR) is 95.2 cm³/mol. The molecule has 0 aliphatic carbocycles. The van der Waals surface area contributed by atoms with E-state index in [2.05, 4.69) is 56.1 Å². The number of nitrogens with zero attached hydrogens (tertiary/aromatic N) is 1. The lowest BCUT2D eigenvalue weighted by molar-refractivity contribution is 0.655. The van der Waals surface area contributed by atoms with Gasteiger partial charge < -0.3 is 10.2 Å². The van der Waals surface area contributed by atoms with Crippen LogP contribution in [0.2, 0.25) is 0 Å². The minimum atomic E-state index is 0.986. The van der Waals surface area contributed by atoms with Gasteiger partial charge in [-0.15, -0.1) is 0 Å². The van der Waals surface area contributed by atoms with E-state index in [1.807, 2.05) is 0 Å². The summed E-state index contributed by atoms with van der Waals surface area (Å²) in [6.45, 7) is 13.4. The number of benzene rings is 1. The molecule has 0 spiro atoms. The Morgan fingerprint density at radius 1 is 0.952 bits per heavy atom. The van der Waals surface area contributed by atoms with Crippen molar-refractivity contribution in [3.8, 4) is 0 Å². The van der Waals surface area contributed by atoms with Crippen LogP contribution in [0.25, 0.3) is 0 Å². The van der Waals surface area contributed by atoms with Crippen molar-refractivity contribution in [2.75, 3.05) is 24.5 Å². The van der Waals surface area contributed by atoms with Gasteiger partial charge in [0.15, 0.2) is 0 Å². The van der Waals surface area contributed by atoms with Gasteiger partial charge in [-0.2, -0.15) is 0 Å². The lowest BCUT2D eigenvalue weighted by Crippen LogP contribution is -2.27. The lowest BCUT2D eigenvalue weighted by Gasteiger charge is -2.27. The Hall–Kier alpha value is -1.02. The van der Waals surface area contributed by atoms with Crippen LogP contribution in [0, 0.1) is 6.92 Å². The van der Waals surface area contributed by atoms with Crippen molar-refractivity contribution in [1.82, 2.24) is 5.32 Å². The normalized spacial score (nSPS) is 10.9. The molecule has 0 aliphatic heterocycles. The third kappa shape index (κ3) is 6.52. The molecule has 0 saturated heterocycles. The average Bonchev–Trinajstić information content (AvgIpc) is 2.49. The first kappa shape index (κ1) is 18.0. The quantitative estimate of drug-likeness (QED) is 0.583. The number of hydrogen-bond acceptors (Lipinski definition) is 2. The van der Waals surface area contributed by atoms with E-state index < -0.39 is 0 Å². The van der Waals surface area contributed by atoms with Gasteiger partial charge in [0.1, 0.15) is 0 Å². The zero-order valence-corrected chi connectivity index (χ0v) is 14.5. The Morgan fingerprint density at radius 2 is 1.62 bits per heavy atom. The van der Waals surface area contributed by atoms with Gasteiger partial charge in [0, 0.05) is 25.3 Å². The van der Waals surface area contributed by atoms with Crippen LogP contribution in [0.4, 0.5) is 5.69 Å². The fraction of sp³-hybridized carbons (Fsp3) is 0.684. The number of rotatable bonds is 11. The molecule has 0 saturated carbocycles. The van der Waals surface area contributed by atoms with Gasteiger partial charge in [0.2, 0.25) is 0 Å². The van der Waals surface area contributed by atoms with Crippen molar-refractivity contribution < 1.29 is 0 Å². The SMILES string of the molecule is CCCCN(CCCC)c1ccc(C)cc1CNCCC. The molecular weight excluding hydrogens is 256 g/mol. The van der Waals surface area contributed by atoms with Crippen molar-refractivity contribution in [1.29, 1.82) is 0 Å². The van der Waals surface area contributed by atoms with Gasteiger partial charge in [-0.25, -0.2) is 0 Å². The van der Waals surface area contributed by atoms with Crippen LogP contribution < -0.4 is 10.2 Å². The van der Waals surface area contributed by atoms with Crippen molar-refractivity contribution >= 4 is 5.69 Å². The number of nitrogens with one attached hydrogen (secondary N) is 1. The second-order valence-corrected chi connectivity index (χ2v) is 6.00. The molecule has 0 fully saturated rings. The Kier molecular flexibility index (Phi) is 9.16. The van der Waals surface area contributed by atoms with Gasteiger partial charge >= 0.3 is 0 Å². The minimum Gasteiger partial charge on any atom is -0.371 e. The molecule has 0 heterocycles. The first-order valence-corrected chi connectivity index (χ1v) is 8.78. The van der Waals surface area contributed by atoms with E-state index in [0.717, 1.165) is 13.1 Å². The zero-order valence-electron chi connectivity index (χ0n) is 14.5. The van der Waals surface area contributed by atoms with Crippen molar-refractivity contribution in [2.24, 2.45) is 0 Å². The molecular formula is C19H34N2. The highest BCUT2D eigenvalue weighted by molar-refractivity contribution is 5.55. The van der Waals surface area contributed by atoms with Gasteiger partial charge in [-0.3, -0.25) is 0 Å². The summed E-state index contributed by atoms with van der Waals surface area (Å²) in [4.78, 5) is 2.59. The topological polar surface area (TPSA) is 15.3 Å². The standard InChI is InChI=1S/C19H34N2/c1-5-8-13-21(14-9-6-2)19-11-10-17(4)15-18(19)16-20-12-7-3/h10-11,15,20H,5-9,12-14,16H2,1-4H3. The van der Waals surface area contributed by atoms with Crippen LogP contribution >= 0.6 is 0 Å². The van der Waals surface area contributed by atoms with E-state index in [9.17, 15) is 0 Å². The van der Waals surface area contributed by atoms with E-state index in [4.69, 9.17) is 0 Å². The molecule has 0 amide bonds. The zero-order chi connectivity index (χ0) is 15.5. The van der Waals surface area contributed by atoms with Crippen LogP contribution in [0.1, 0.15) is 64.0 Å². The van der Waals surface area contributed by atoms with Crippen LogP contribution in [0.3, 0.4) is 0 Å². The second kappa shape index (κ2) is 10.7. The first-order chi connectivity index (χ1) is 10.2. The summed E-state index contributed by atoms with van der Waals surface area (Å²) >= 11 is 0. The summed E-state index contributed by atoms with van der Waals surface area (Å²) < 4.78 is 0. The molecule has 2 nitrogen and oxygen atoms in total. The van der Waals surface area contributed by atoms with E-state index in [-0.39, 0.29) is 0 Å². The van der Waals surface area contributed by atoms with Crippen molar-refractivity contribution in [2.45, 2.75) is 66.3 Å². The molecule has 2 heteroatoms. The summed E-state index contributed by atoms with van der Waals surface area (Å²) in [7, 11) is 0. The molecule has 0 aromatic heterocycles. The summed E-state index contributed by atoms with van der Waals surface area (Å²) in [5, 5.41) is 3.56. The highest BCUT2D eigenvalue weighted by Gasteiger charge is 2.10. The molecule has 0 radical (unpaired) electrons. The Labute approximate surface area is 131 Å². The third-order valence-corrected chi connectivity index (χ3v) is 3.88. The van der Waals surface area contributed by atoms with Crippen LogP contribution in [0.15, 0.2) is 18.2 Å². The Morgan fingerprint density at radius 3 is 2.19 bits per heavy atom. The molecule has 0 bridgehead atoms. The van der Waals surface area contributed by atoms with Gasteiger partial charge in [0.05, 0.1) is 0 Å². The maximum Gasteiger partial charge on any atom is 0.0412 e. The lowest BCUT2D eigenvalue weighted by atomic mass is 10.1. The van der Waals surface area contributed by atoms with Crippen LogP contribution in [-0.4, -0.2) is 19.6 Å². The molecule has 1 rings (SSSR count). The van der Waals surface area contributed by atoms with Gasteiger partial charge in [0.25, 0.3) is 0 Å². The fourth-order valence-electron chi connectivity index (χ4n) is 2.61. The van der Waals surface area contributed by atoms with Crippen molar-refractivity contribution in [3.63, 3.8) is 0 Å². The Balaban J connectivity index is 2.87. The van der Waals surface area contributed by atoms with Gasteiger partial charge in [-0.05, 0) is 44.4 Å². The molecule has 1 aromatic rings. The molecule has 0 aliphatic rings. The smallest absolute Gasteiger partial charge is 0.0412 e. The maximum absolute atomic E-state index is 3.56. The predicted octanol–water partition coefficient (Wildman–Crippen LogP) is 4.90. The molecule has 0 atom stereocenters. The number of anilines is 1. The largest absolute Gasteiger partial charge is 0.371 e. The number of aryl methyl sites for hydroxylation is 1. The highest BCUT2D eigenvalue weighted by Crippen LogP contribution is 2.23. The molecule has 120 valence electrons. The average molecular weight is 290 g/mol. The Bertz CT molecular complexity index is 379. The molecule has 21 heavy (non-hydrogen) atoms. The fourth-order valence-corrected chi connectivity index (χ4v) is 2.61. The summed E-state index contributed by atoms with van der Waals surface area (Å²) in [5.41, 5.74) is 4.25. The van der Waals surface area contributed by atoms with Crippen LogP contribution in [-0.2, 0) is 6.54 Å². The van der Waals surface area contributed by atoms with E-state index in [0.29, 0.717) is 0 Å². The van der Waals surface area contributed by atoms with Gasteiger partial charge in [-0.1, -0.05) is 51.3 Å². The monoisotopic (exact) mass is 290 g/mol. The third-order valence-electron chi connectivity index (χ3n) is 3.88. The van der Waals surface area contributed by atoms with Crippen molar-refractivity contribution in [3.05, 3.63) is 29.3 Å². The van der Waals surface area contributed by atoms with Crippen LogP contribution in [0.5, 0.6) is 0 Å². The maximum atomic E-state index is 3.56. The number of hydrogen-bond donors (Lipinski definition) is 1. The first-order valence-electron chi connectivity index (χ1n) is 8.78. The molecule has 1 aromatic carbocycles. The highest BCUT2D eigenvalue weighted by atomic mass is 15.1. The van der Waals surface area contributed by atoms with E-state index >= 15 is 0 Å². The second-order valence-electron chi connectivity index (χ2n) is 6.00. The summed E-state index contributed by atoms with van der Waals surface area (Å²) in [6.07, 6.45) is 6.27. The molecule has 1 N–H and O–H groups in total.